The molecule has 2 rings (SSSR count). The van der Waals surface area contributed by atoms with Gasteiger partial charge >= 0.3 is 5.97 Å². The molecule has 0 heterocycles. The lowest BCUT2D eigenvalue weighted by atomic mass is 10.1. The van der Waals surface area contributed by atoms with Crippen LogP contribution in [-0.4, -0.2) is 55.5 Å². The summed E-state index contributed by atoms with van der Waals surface area (Å²) in [6.07, 6.45) is 0. The molecule has 0 atom stereocenters. The lowest BCUT2D eigenvalue weighted by Gasteiger charge is -2.12. The van der Waals surface area contributed by atoms with Gasteiger partial charge in [-0.2, -0.15) is 0 Å². The van der Waals surface area contributed by atoms with Crippen LogP contribution in [0.25, 0.3) is 0 Å². The minimum absolute atomic E-state index is 0.0517. The number of likely N-dealkylation sites (N-methyl/N-ethyl adjacent to an activating group) is 1. The predicted octanol–water partition coefficient (Wildman–Crippen LogP) is 2.15. The van der Waals surface area contributed by atoms with Gasteiger partial charge < -0.3 is 25.4 Å². The molecule has 0 spiro atoms. The maximum absolute atomic E-state index is 12.5. The van der Waals surface area contributed by atoms with E-state index in [1.165, 1.54) is 25.3 Å². The van der Waals surface area contributed by atoms with Gasteiger partial charge in [-0.3, -0.25) is 9.59 Å². The molecule has 0 bridgehead atoms. The number of amides is 2. The molecule has 0 saturated carbocycles. The van der Waals surface area contributed by atoms with Crippen molar-refractivity contribution in [2.45, 2.75) is 0 Å². The van der Waals surface area contributed by atoms with Gasteiger partial charge in [-0.05, 0) is 50.5 Å². The van der Waals surface area contributed by atoms with Crippen molar-refractivity contribution < 1.29 is 24.2 Å². The Balaban J connectivity index is 2.16. The van der Waals surface area contributed by atoms with Gasteiger partial charge in [-0.15, -0.1) is 0 Å². The van der Waals surface area contributed by atoms with Crippen LogP contribution in [-0.2, 0) is 4.79 Å². The Bertz CT molecular complexity index is 864. The van der Waals surface area contributed by atoms with E-state index in [2.05, 4.69) is 10.6 Å². The highest BCUT2D eigenvalue weighted by atomic mass is 16.5. The highest BCUT2D eigenvalue weighted by Gasteiger charge is 2.13. The lowest BCUT2D eigenvalue weighted by molar-refractivity contribution is -0.116. The van der Waals surface area contributed by atoms with E-state index >= 15 is 0 Å². The number of carboxylic acid groups (broad SMARTS) is 1. The van der Waals surface area contributed by atoms with Crippen LogP contribution in [0.5, 0.6) is 5.75 Å². The fourth-order valence-electron chi connectivity index (χ4n) is 2.34. The van der Waals surface area contributed by atoms with Gasteiger partial charge in [0.25, 0.3) is 5.91 Å². The Kier molecular flexibility index (Phi) is 6.51. The zero-order valence-electron chi connectivity index (χ0n) is 15.3. The van der Waals surface area contributed by atoms with E-state index in [9.17, 15) is 14.4 Å². The number of carboxylic acids is 1. The van der Waals surface area contributed by atoms with Crippen LogP contribution >= 0.6 is 0 Å². The first-order chi connectivity index (χ1) is 12.8. The van der Waals surface area contributed by atoms with Crippen LogP contribution < -0.4 is 15.4 Å². The summed E-state index contributed by atoms with van der Waals surface area (Å²) in [4.78, 5) is 37.3. The number of ether oxygens (including phenoxy) is 1. The lowest BCUT2D eigenvalue weighted by Crippen LogP contribution is -2.27. The van der Waals surface area contributed by atoms with Crippen LogP contribution in [0.15, 0.2) is 42.5 Å². The SMILES string of the molecule is COc1cc(C(=O)O)cc(C(=O)Nc2cccc(NC(=O)CN(C)C)c2)c1. The highest BCUT2D eigenvalue weighted by molar-refractivity contribution is 6.06. The Morgan fingerprint density at radius 2 is 1.63 bits per heavy atom. The minimum Gasteiger partial charge on any atom is -0.497 e. The van der Waals surface area contributed by atoms with Crippen LogP contribution in [0, 0.1) is 0 Å². The summed E-state index contributed by atoms with van der Waals surface area (Å²) < 4.78 is 5.05. The van der Waals surface area contributed by atoms with Crippen molar-refractivity contribution in [2.24, 2.45) is 0 Å². The minimum atomic E-state index is -1.16. The average Bonchev–Trinajstić information content (AvgIpc) is 2.60. The van der Waals surface area contributed by atoms with E-state index in [0.29, 0.717) is 11.4 Å². The van der Waals surface area contributed by atoms with Gasteiger partial charge in [0.1, 0.15) is 5.75 Å². The predicted molar refractivity (Wildman–Crippen MR) is 102 cm³/mol. The van der Waals surface area contributed by atoms with Gasteiger partial charge in [0.2, 0.25) is 5.91 Å². The Morgan fingerprint density at radius 1 is 1.00 bits per heavy atom. The molecule has 8 nitrogen and oxygen atoms in total. The molecule has 0 fully saturated rings. The van der Waals surface area contributed by atoms with Gasteiger partial charge in [-0.25, -0.2) is 4.79 Å². The number of aromatic carboxylic acids is 1. The first-order valence-corrected chi connectivity index (χ1v) is 8.07. The topological polar surface area (TPSA) is 108 Å². The molecule has 2 aromatic carbocycles. The molecule has 27 heavy (non-hydrogen) atoms. The summed E-state index contributed by atoms with van der Waals surface area (Å²) in [5.41, 5.74) is 1.09. The van der Waals surface area contributed by atoms with Crippen molar-refractivity contribution in [3.63, 3.8) is 0 Å². The van der Waals surface area contributed by atoms with Gasteiger partial charge in [0, 0.05) is 16.9 Å². The third-order valence-corrected chi connectivity index (χ3v) is 3.52. The molecule has 0 aromatic heterocycles. The number of methoxy groups -OCH3 is 1. The Hall–Kier alpha value is -3.39. The quantitative estimate of drug-likeness (QED) is 0.688. The summed E-state index contributed by atoms with van der Waals surface area (Å²) in [7, 11) is 4.97. The van der Waals surface area contributed by atoms with Crippen molar-refractivity contribution in [3.05, 3.63) is 53.6 Å². The molecule has 2 amide bonds. The van der Waals surface area contributed by atoms with Crippen molar-refractivity contribution in [2.75, 3.05) is 38.4 Å². The van der Waals surface area contributed by atoms with Crippen LogP contribution in [0.3, 0.4) is 0 Å². The third kappa shape index (κ3) is 5.82. The Morgan fingerprint density at radius 3 is 2.22 bits per heavy atom. The molecule has 0 aliphatic carbocycles. The molecular formula is C19H21N3O5. The Labute approximate surface area is 156 Å². The maximum atomic E-state index is 12.5. The molecule has 3 N–H and O–H groups in total. The molecular weight excluding hydrogens is 350 g/mol. The van der Waals surface area contributed by atoms with E-state index < -0.39 is 11.9 Å². The van der Waals surface area contributed by atoms with E-state index in [-0.39, 0.29) is 29.3 Å². The third-order valence-electron chi connectivity index (χ3n) is 3.52. The number of nitrogens with zero attached hydrogens (tertiary/aromatic N) is 1. The smallest absolute Gasteiger partial charge is 0.335 e. The molecule has 0 aliphatic heterocycles. The van der Waals surface area contributed by atoms with Crippen molar-refractivity contribution in [3.8, 4) is 5.75 Å². The average molecular weight is 371 g/mol. The first kappa shape index (κ1) is 19.9. The standard InChI is InChI=1S/C19H21N3O5/c1-22(2)11-17(23)20-14-5-4-6-15(10-14)21-18(24)12-7-13(19(25)26)9-16(8-12)27-3/h4-10H,11H2,1-3H3,(H,20,23)(H,21,24)(H,25,26). The first-order valence-electron chi connectivity index (χ1n) is 8.07. The zero-order chi connectivity index (χ0) is 20.0. The fourth-order valence-corrected chi connectivity index (χ4v) is 2.34. The number of hydrogen-bond acceptors (Lipinski definition) is 5. The fraction of sp³-hybridized carbons (Fsp3) is 0.211. The molecule has 2 aromatic rings. The number of benzene rings is 2. The van der Waals surface area contributed by atoms with Crippen molar-refractivity contribution >= 4 is 29.2 Å². The molecule has 0 aliphatic rings. The number of rotatable bonds is 7. The summed E-state index contributed by atoms with van der Waals surface area (Å²) in [6.45, 7) is 0.234. The van der Waals surface area contributed by atoms with E-state index in [1.54, 1.807) is 43.3 Å². The van der Waals surface area contributed by atoms with Crippen molar-refractivity contribution in [1.29, 1.82) is 0 Å². The van der Waals surface area contributed by atoms with Gasteiger partial charge in [0.05, 0.1) is 19.2 Å². The summed E-state index contributed by atoms with van der Waals surface area (Å²) >= 11 is 0. The summed E-state index contributed by atoms with van der Waals surface area (Å²) in [6, 6.07) is 10.7. The van der Waals surface area contributed by atoms with E-state index in [1.807, 2.05) is 0 Å². The summed E-state index contributed by atoms with van der Waals surface area (Å²) in [5.74, 6) is -1.56. The summed E-state index contributed by atoms with van der Waals surface area (Å²) in [5, 5.41) is 14.6. The van der Waals surface area contributed by atoms with Crippen LogP contribution in [0.4, 0.5) is 11.4 Å². The van der Waals surface area contributed by atoms with Crippen LogP contribution in [0.2, 0.25) is 0 Å². The van der Waals surface area contributed by atoms with Crippen molar-refractivity contribution in [1.82, 2.24) is 4.90 Å². The normalized spacial score (nSPS) is 10.4. The highest BCUT2D eigenvalue weighted by Crippen LogP contribution is 2.20. The molecule has 142 valence electrons. The number of anilines is 2. The van der Waals surface area contributed by atoms with Gasteiger partial charge in [0.15, 0.2) is 0 Å². The van der Waals surface area contributed by atoms with E-state index in [4.69, 9.17) is 9.84 Å². The largest absolute Gasteiger partial charge is 0.497 e. The number of carbonyl (C=O) groups is 3. The number of carbonyl (C=O) groups excluding carboxylic acids is 2. The number of nitrogens with one attached hydrogen (secondary N) is 2. The maximum Gasteiger partial charge on any atom is 0.335 e. The van der Waals surface area contributed by atoms with Crippen LogP contribution in [0.1, 0.15) is 20.7 Å². The zero-order valence-corrected chi connectivity index (χ0v) is 15.3. The molecule has 0 saturated heterocycles. The second-order valence-electron chi connectivity index (χ2n) is 6.08. The molecule has 0 radical (unpaired) electrons. The van der Waals surface area contributed by atoms with E-state index in [0.717, 1.165) is 0 Å². The molecule has 0 unspecified atom stereocenters. The second-order valence-corrected chi connectivity index (χ2v) is 6.08. The van der Waals surface area contributed by atoms with Gasteiger partial charge in [-0.1, -0.05) is 6.07 Å². The monoisotopic (exact) mass is 371 g/mol. The number of hydrogen-bond donors (Lipinski definition) is 3. The molecule has 8 heteroatoms. The second kappa shape index (κ2) is 8.81.